The summed E-state index contributed by atoms with van der Waals surface area (Å²) in [6.07, 6.45) is 0. The van der Waals surface area contributed by atoms with Crippen molar-refractivity contribution in [1.29, 1.82) is 0 Å². The van der Waals surface area contributed by atoms with Crippen molar-refractivity contribution in [3.05, 3.63) is 53.8 Å². The molecule has 3 rings (SSSR count). The number of carbonyl (C=O) groups is 1. The quantitative estimate of drug-likeness (QED) is 0.728. The van der Waals surface area contributed by atoms with Crippen LogP contribution < -0.4 is 15.0 Å². The Bertz CT molecular complexity index is 989. The van der Waals surface area contributed by atoms with E-state index in [-0.39, 0.29) is 21.9 Å². The average Bonchev–Trinajstić information content (AvgIpc) is 2.74. The molecule has 7 nitrogen and oxygen atoms in total. The van der Waals surface area contributed by atoms with Crippen LogP contribution in [0.25, 0.3) is 0 Å². The Morgan fingerprint density at radius 2 is 1.90 bits per heavy atom. The fourth-order valence-electron chi connectivity index (χ4n) is 3.33. The van der Waals surface area contributed by atoms with Gasteiger partial charge in [0.15, 0.2) is 0 Å². The molecule has 9 heteroatoms. The highest BCUT2D eigenvalue weighted by atomic mass is 32.2. The van der Waals surface area contributed by atoms with Gasteiger partial charge in [0.05, 0.1) is 56.0 Å². The zero-order valence-corrected chi connectivity index (χ0v) is 17.3. The molecule has 29 heavy (non-hydrogen) atoms. The molecule has 0 bridgehead atoms. The number of hydrogen-bond donors (Lipinski definition) is 2. The lowest BCUT2D eigenvalue weighted by atomic mass is 10.2. The number of nitrogens with zero attached hydrogens (tertiary/aromatic N) is 1. The van der Waals surface area contributed by atoms with Crippen LogP contribution in [-0.2, 0) is 10.0 Å². The van der Waals surface area contributed by atoms with Crippen molar-refractivity contribution in [2.24, 2.45) is 0 Å². The van der Waals surface area contributed by atoms with Gasteiger partial charge < -0.3 is 15.0 Å². The van der Waals surface area contributed by atoms with Gasteiger partial charge in [-0.2, -0.15) is 4.31 Å². The lowest BCUT2D eigenvalue weighted by Crippen LogP contribution is -3.14. The number of anilines is 1. The zero-order chi connectivity index (χ0) is 21.0. The number of hydrogen-bond acceptors (Lipinski definition) is 4. The fourth-order valence-corrected chi connectivity index (χ4v) is 4.79. The Hall–Kier alpha value is -2.49. The number of rotatable bonds is 6. The van der Waals surface area contributed by atoms with Crippen LogP contribution in [-0.4, -0.2) is 58.5 Å². The van der Waals surface area contributed by atoms with Crippen LogP contribution in [0.5, 0.6) is 5.75 Å². The van der Waals surface area contributed by atoms with E-state index in [1.165, 1.54) is 52.7 Å². The number of carbonyl (C=O) groups excluding carboxylic acids is 1. The summed E-state index contributed by atoms with van der Waals surface area (Å²) in [5.41, 5.74) is 0.0288. The molecule has 0 radical (unpaired) electrons. The van der Waals surface area contributed by atoms with E-state index in [0.717, 1.165) is 19.6 Å². The van der Waals surface area contributed by atoms with E-state index in [4.69, 9.17) is 4.74 Å². The maximum Gasteiger partial charge on any atom is 0.258 e. The lowest BCUT2D eigenvalue weighted by molar-refractivity contribution is -0.901. The van der Waals surface area contributed by atoms with Crippen molar-refractivity contribution in [1.82, 2.24) is 4.31 Å². The number of benzene rings is 2. The molecule has 0 unspecified atom stereocenters. The van der Waals surface area contributed by atoms with Gasteiger partial charge in [-0.1, -0.05) is 12.1 Å². The van der Waals surface area contributed by atoms with Crippen LogP contribution in [0.2, 0.25) is 0 Å². The minimum atomic E-state index is -3.71. The van der Waals surface area contributed by atoms with Gasteiger partial charge in [-0.25, -0.2) is 12.8 Å². The first-order valence-corrected chi connectivity index (χ1v) is 10.9. The fraction of sp³-hybridized carbons (Fsp3) is 0.350. The van der Waals surface area contributed by atoms with Crippen LogP contribution in [0.3, 0.4) is 0 Å². The third kappa shape index (κ3) is 4.58. The van der Waals surface area contributed by atoms with E-state index in [1.54, 1.807) is 6.07 Å². The molecule has 2 aromatic rings. The summed E-state index contributed by atoms with van der Waals surface area (Å²) < 4.78 is 46.7. The number of amides is 1. The summed E-state index contributed by atoms with van der Waals surface area (Å²) in [4.78, 5) is 13.9. The number of ether oxygens (including phenoxy) is 1. The van der Waals surface area contributed by atoms with Gasteiger partial charge in [-0.05, 0) is 37.3 Å². The second kappa shape index (κ2) is 8.89. The van der Waals surface area contributed by atoms with Crippen molar-refractivity contribution in [3.8, 4) is 5.75 Å². The summed E-state index contributed by atoms with van der Waals surface area (Å²) in [6, 6.07) is 9.86. The SMILES string of the molecule is CC[NH+]1CCN(S(=O)(=O)c2ccc(OC)c(NC(=O)c3ccccc3F)c2)CC1. The zero-order valence-electron chi connectivity index (χ0n) is 16.4. The topological polar surface area (TPSA) is 80.2 Å². The Morgan fingerprint density at radius 3 is 2.52 bits per heavy atom. The highest BCUT2D eigenvalue weighted by Gasteiger charge is 2.30. The second-order valence-corrected chi connectivity index (χ2v) is 8.74. The summed E-state index contributed by atoms with van der Waals surface area (Å²) in [7, 11) is -2.30. The largest absolute Gasteiger partial charge is 0.495 e. The maximum atomic E-state index is 13.9. The van der Waals surface area contributed by atoms with Crippen LogP contribution in [0.1, 0.15) is 17.3 Å². The first-order valence-electron chi connectivity index (χ1n) is 9.44. The first kappa shape index (κ1) is 21.2. The van der Waals surface area contributed by atoms with Crippen molar-refractivity contribution in [3.63, 3.8) is 0 Å². The molecule has 0 saturated carbocycles. The standard InChI is InChI=1S/C20H24FN3O4S/c1-3-23-10-12-24(13-11-23)29(26,27)15-8-9-19(28-2)18(14-15)22-20(25)16-6-4-5-7-17(16)21/h4-9,14H,3,10-13H2,1-2H3,(H,22,25)/p+1. The van der Waals surface area contributed by atoms with E-state index < -0.39 is 21.7 Å². The number of nitrogens with one attached hydrogen (secondary N) is 2. The van der Waals surface area contributed by atoms with Gasteiger partial charge in [0.25, 0.3) is 5.91 Å². The molecular formula is C20H25FN3O4S+. The Balaban J connectivity index is 1.87. The lowest BCUT2D eigenvalue weighted by Gasteiger charge is -2.31. The summed E-state index contributed by atoms with van der Waals surface area (Å²) in [5.74, 6) is -1.06. The molecular weight excluding hydrogens is 397 g/mol. The normalized spacial score (nSPS) is 15.8. The molecule has 2 aromatic carbocycles. The van der Waals surface area contributed by atoms with E-state index in [2.05, 4.69) is 12.2 Å². The number of likely N-dealkylation sites (N-methyl/N-ethyl adjacent to an activating group) is 1. The van der Waals surface area contributed by atoms with Gasteiger partial charge in [0.2, 0.25) is 10.0 Å². The third-order valence-electron chi connectivity index (χ3n) is 5.10. The Kier molecular flexibility index (Phi) is 6.51. The molecule has 1 heterocycles. The number of quaternary nitrogens is 1. The number of methoxy groups -OCH3 is 1. The third-order valence-corrected chi connectivity index (χ3v) is 7.00. The van der Waals surface area contributed by atoms with E-state index >= 15 is 0 Å². The minimum Gasteiger partial charge on any atom is -0.495 e. The van der Waals surface area contributed by atoms with Crippen molar-refractivity contribution >= 4 is 21.6 Å². The van der Waals surface area contributed by atoms with Gasteiger partial charge >= 0.3 is 0 Å². The minimum absolute atomic E-state index is 0.0575. The van der Waals surface area contributed by atoms with Crippen molar-refractivity contribution in [2.75, 3.05) is 45.2 Å². The van der Waals surface area contributed by atoms with E-state index in [9.17, 15) is 17.6 Å². The van der Waals surface area contributed by atoms with Gasteiger partial charge in [-0.3, -0.25) is 4.79 Å². The first-order chi connectivity index (χ1) is 13.9. The number of sulfonamides is 1. The molecule has 1 aliphatic rings. The van der Waals surface area contributed by atoms with Crippen LogP contribution in [0.15, 0.2) is 47.4 Å². The molecule has 0 atom stereocenters. The molecule has 1 fully saturated rings. The molecule has 2 N–H and O–H groups in total. The van der Waals surface area contributed by atoms with E-state index in [0.29, 0.717) is 13.1 Å². The van der Waals surface area contributed by atoms with Crippen LogP contribution in [0.4, 0.5) is 10.1 Å². The van der Waals surface area contributed by atoms with Gasteiger partial charge in [-0.15, -0.1) is 0 Å². The molecule has 1 amide bonds. The summed E-state index contributed by atoms with van der Waals surface area (Å²) >= 11 is 0. The maximum absolute atomic E-state index is 13.9. The van der Waals surface area contributed by atoms with Crippen molar-refractivity contribution in [2.45, 2.75) is 11.8 Å². The molecule has 0 aliphatic carbocycles. The molecule has 0 spiro atoms. The van der Waals surface area contributed by atoms with Crippen LogP contribution in [0, 0.1) is 5.82 Å². The predicted molar refractivity (Wildman–Crippen MR) is 107 cm³/mol. The molecule has 1 aliphatic heterocycles. The predicted octanol–water partition coefficient (Wildman–Crippen LogP) is 0.996. The second-order valence-electron chi connectivity index (χ2n) is 6.80. The smallest absolute Gasteiger partial charge is 0.258 e. The van der Waals surface area contributed by atoms with Crippen molar-refractivity contribution < 1.29 is 27.2 Å². The average molecular weight is 423 g/mol. The van der Waals surface area contributed by atoms with Crippen LogP contribution >= 0.6 is 0 Å². The summed E-state index contributed by atoms with van der Waals surface area (Å²) in [6.45, 7) is 5.42. The molecule has 1 saturated heterocycles. The number of piperazine rings is 1. The highest BCUT2D eigenvalue weighted by molar-refractivity contribution is 7.89. The Morgan fingerprint density at radius 1 is 1.21 bits per heavy atom. The monoisotopic (exact) mass is 422 g/mol. The van der Waals surface area contributed by atoms with E-state index in [1.807, 2.05) is 0 Å². The highest BCUT2D eigenvalue weighted by Crippen LogP contribution is 2.29. The Labute approximate surface area is 170 Å². The van der Waals surface area contributed by atoms with Gasteiger partial charge in [0.1, 0.15) is 11.6 Å². The van der Waals surface area contributed by atoms with Gasteiger partial charge in [0, 0.05) is 0 Å². The molecule has 0 aromatic heterocycles. The molecule has 156 valence electrons. The summed E-state index contributed by atoms with van der Waals surface area (Å²) in [5, 5.41) is 2.56. The number of halogens is 1.